The highest BCUT2D eigenvalue weighted by Gasteiger charge is 2.08. The van der Waals surface area contributed by atoms with E-state index in [0.717, 1.165) is 15.2 Å². The van der Waals surface area contributed by atoms with Crippen LogP contribution in [-0.2, 0) is 0 Å². The SMILES string of the molecule is N#Cc1ccc(Oc2ccc3ccccc3c2Br)cc1Cl. The predicted molar refractivity (Wildman–Crippen MR) is 87.9 cm³/mol. The molecule has 3 rings (SSSR count). The Labute approximate surface area is 135 Å². The van der Waals surface area contributed by atoms with Crippen molar-refractivity contribution in [2.24, 2.45) is 0 Å². The van der Waals surface area contributed by atoms with E-state index < -0.39 is 0 Å². The molecule has 0 aliphatic heterocycles. The summed E-state index contributed by atoms with van der Waals surface area (Å²) >= 11 is 9.59. The van der Waals surface area contributed by atoms with Crippen molar-refractivity contribution in [2.75, 3.05) is 0 Å². The molecule has 0 amide bonds. The number of hydrogen-bond acceptors (Lipinski definition) is 2. The molecular formula is C17H9BrClNO. The summed E-state index contributed by atoms with van der Waals surface area (Å²) in [5.74, 6) is 1.30. The van der Waals surface area contributed by atoms with E-state index >= 15 is 0 Å². The minimum Gasteiger partial charge on any atom is -0.456 e. The molecule has 0 atom stereocenters. The van der Waals surface area contributed by atoms with Gasteiger partial charge in [0.05, 0.1) is 15.1 Å². The molecule has 0 unspecified atom stereocenters. The van der Waals surface area contributed by atoms with Crippen molar-refractivity contribution in [3.63, 3.8) is 0 Å². The fourth-order valence-electron chi connectivity index (χ4n) is 2.07. The van der Waals surface area contributed by atoms with E-state index in [0.29, 0.717) is 22.1 Å². The van der Waals surface area contributed by atoms with Crippen molar-refractivity contribution in [1.29, 1.82) is 5.26 Å². The third-order valence-corrected chi connectivity index (χ3v) is 4.25. The third-order valence-electron chi connectivity index (χ3n) is 3.12. The minimum atomic E-state index is 0.381. The van der Waals surface area contributed by atoms with E-state index in [1.807, 2.05) is 42.5 Å². The highest BCUT2D eigenvalue weighted by molar-refractivity contribution is 9.10. The zero-order valence-corrected chi connectivity index (χ0v) is 13.1. The van der Waals surface area contributed by atoms with Crippen LogP contribution in [0.3, 0.4) is 0 Å². The quantitative estimate of drug-likeness (QED) is 0.569. The van der Waals surface area contributed by atoms with Gasteiger partial charge in [-0.1, -0.05) is 41.9 Å². The first-order valence-electron chi connectivity index (χ1n) is 6.24. The fraction of sp³-hybridized carbons (Fsp3) is 0. The van der Waals surface area contributed by atoms with Crippen molar-refractivity contribution in [1.82, 2.24) is 0 Å². The van der Waals surface area contributed by atoms with Gasteiger partial charge in [-0.3, -0.25) is 0 Å². The molecule has 0 aromatic heterocycles. The van der Waals surface area contributed by atoms with Gasteiger partial charge in [0, 0.05) is 6.07 Å². The highest BCUT2D eigenvalue weighted by Crippen LogP contribution is 2.36. The van der Waals surface area contributed by atoms with Crippen LogP contribution in [0.25, 0.3) is 10.8 Å². The molecule has 0 saturated carbocycles. The second-order valence-electron chi connectivity index (χ2n) is 4.45. The van der Waals surface area contributed by atoms with Crippen LogP contribution in [-0.4, -0.2) is 0 Å². The van der Waals surface area contributed by atoms with Gasteiger partial charge in [-0.15, -0.1) is 0 Å². The lowest BCUT2D eigenvalue weighted by atomic mass is 10.1. The Kier molecular flexibility index (Phi) is 3.83. The second kappa shape index (κ2) is 5.77. The molecule has 3 aromatic carbocycles. The van der Waals surface area contributed by atoms with Crippen LogP contribution in [0.1, 0.15) is 5.56 Å². The van der Waals surface area contributed by atoms with Crippen molar-refractivity contribution >= 4 is 38.3 Å². The average molecular weight is 359 g/mol. The summed E-state index contributed by atoms with van der Waals surface area (Å²) in [6.07, 6.45) is 0. The molecule has 4 heteroatoms. The third kappa shape index (κ3) is 2.73. The maximum absolute atomic E-state index is 8.88. The Balaban J connectivity index is 2.00. The number of hydrogen-bond donors (Lipinski definition) is 0. The Morgan fingerprint density at radius 2 is 1.86 bits per heavy atom. The second-order valence-corrected chi connectivity index (χ2v) is 5.65. The maximum Gasteiger partial charge on any atom is 0.142 e. The molecule has 0 aliphatic carbocycles. The van der Waals surface area contributed by atoms with Crippen molar-refractivity contribution in [3.8, 4) is 17.6 Å². The van der Waals surface area contributed by atoms with Crippen LogP contribution in [0, 0.1) is 11.3 Å². The standard InChI is InChI=1S/C17H9BrClNO/c18-17-14-4-2-1-3-11(14)6-8-16(17)21-13-7-5-12(10-20)15(19)9-13/h1-9H. The Hall–Kier alpha value is -2.02. The lowest BCUT2D eigenvalue weighted by Gasteiger charge is -2.10. The van der Waals surface area contributed by atoms with Crippen LogP contribution in [0.2, 0.25) is 5.02 Å². The number of benzene rings is 3. The Morgan fingerprint density at radius 3 is 2.62 bits per heavy atom. The van der Waals surface area contributed by atoms with Crippen LogP contribution in [0.15, 0.2) is 59.1 Å². The van der Waals surface area contributed by atoms with Gasteiger partial charge in [0.15, 0.2) is 0 Å². The average Bonchev–Trinajstić information content (AvgIpc) is 2.51. The molecule has 0 heterocycles. The van der Waals surface area contributed by atoms with Gasteiger partial charge in [-0.25, -0.2) is 0 Å². The van der Waals surface area contributed by atoms with E-state index in [1.54, 1.807) is 18.2 Å². The Morgan fingerprint density at radius 1 is 1.05 bits per heavy atom. The molecule has 2 nitrogen and oxygen atoms in total. The number of nitriles is 1. The van der Waals surface area contributed by atoms with Crippen molar-refractivity contribution in [3.05, 3.63) is 69.7 Å². The minimum absolute atomic E-state index is 0.381. The summed E-state index contributed by atoms with van der Waals surface area (Å²) in [6, 6.07) is 19.0. The normalized spacial score (nSPS) is 10.3. The van der Waals surface area contributed by atoms with Crippen LogP contribution >= 0.6 is 27.5 Å². The van der Waals surface area contributed by atoms with Gasteiger partial charge in [-0.2, -0.15) is 5.26 Å². The van der Waals surface area contributed by atoms with Crippen LogP contribution in [0.4, 0.5) is 0 Å². The van der Waals surface area contributed by atoms with E-state index in [2.05, 4.69) is 15.9 Å². The number of ether oxygens (including phenoxy) is 1. The largest absolute Gasteiger partial charge is 0.456 e. The number of halogens is 2. The van der Waals surface area contributed by atoms with E-state index in [9.17, 15) is 0 Å². The summed E-state index contributed by atoms with van der Waals surface area (Å²) in [5.41, 5.74) is 0.432. The smallest absolute Gasteiger partial charge is 0.142 e. The number of nitrogens with zero attached hydrogens (tertiary/aromatic N) is 1. The van der Waals surface area contributed by atoms with Crippen LogP contribution in [0.5, 0.6) is 11.5 Å². The number of fused-ring (bicyclic) bond motifs is 1. The molecule has 0 N–H and O–H groups in total. The molecule has 0 fully saturated rings. The first-order chi connectivity index (χ1) is 10.2. The lowest BCUT2D eigenvalue weighted by molar-refractivity contribution is 0.480. The van der Waals surface area contributed by atoms with E-state index in [1.165, 1.54) is 0 Å². The zero-order valence-electron chi connectivity index (χ0n) is 10.8. The molecular weight excluding hydrogens is 350 g/mol. The topological polar surface area (TPSA) is 33.0 Å². The first kappa shape index (κ1) is 13.9. The summed E-state index contributed by atoms with van der Waals surface area (Å²) in [6.45, 7) is 0. The molecule has 0 saturated heterocycles. The van der Waals surface area contributed by atoms with Crippen molar-refractivity contribution < 1.29 is 4.74 Å². The maximum atomic E-state index is 8.88. The molecule has 0 aliphatic rings. The van der Waals surface area contributed by atoms with E-state index in [4.69, 9.17) is 21.6 Å². The Bertz CT molecular complexity index is 870. The highest BCUT2D eigenvalue weighted by atomic mass is 79.9. The van der Waals surface area contributed by atoms with Crippen LogP contribution < -0.4 is 4.74 Å². The van der Waals surface area contributed by atoms with Gasteiger partial charge in [0.1, 0.15) is 17.6 Å². The van der Waals surface area contributed by atoms with Gasteiger partial charge in [0.25, 0.3) is 0 Å². The monoisotopic (exact) mass is 357 g/mol. The predicted octanol–water partition coefficient (Wildman–Crippen LogP) is 5.92. The molecule has 102 valence electrons. The van der Waals surface area contributed by atoms with Crippen molar-refractivity contribution in [2.45, 2.75) is 0 Å². The van der Waals surface area contributed by atoms with Gasteiger partial charge >= 0.3 is 0 Å². The molecule has 21 heavy (non-hydrogen) atoms. The molecule has 0 bridgehead atoms. The lowest BCUT2D eigenvalue weighted by Crippen LogP contribution is -1.88. The first-order valence-corrected chi connectivity index (χ1v) is 7.41. The summed E-state index contributed by atoms with van der Waals surface area (Å²) in [7, 11) is 0. The molecule has 0 radical (unpaired) electrons. The summed E-state index contributed by atoms with van der Waals surface area (Å²) < 4.78 is 6.75. The van der Waals surface area contributed by atoms with Gasteiger partial charge in [-0.05, 0) is 44.9 Å². The van der Waals surface area contributed by atoms with E-state index in [-0.39, 0.29) is 0 Å². The summed E-state index contributed by atoms with van der Waals surface area (Å²) in [4.78, 5) is 0. The molecule has 3 aromatic rings. The van der Waals surface area contributed by atoms with Gasteiger partial charge in [0.2, 0.25) is 0 Å². The van der Waals surface area contributed by atoms with Gasteiger partial charge < -0.3 is 4.74 Å². The fourth-order valence-corrected chi connectivity index (χ4v) is 2.86. The number of rotatable bonds is 2. The summed E-state index contributed by atoms with van der Waals surface area (Å²) in [5, 5.41) is 11.5. The zero-order chi connectivity index (χ0) is 14.8. The molecule has 0 spiro atoms.